The van der Waals surface area contributed by atoms with Crippen molar-refractivity contribution in [1.82, 2.24) is 0 Å². The van der Waals surface area contributed by atoms with Gasteiger partial charge >= 0.3 is 5.97 Å². The molecule has 0 atom stereocenters. The van der Waals surface area contributed by atoms with Gasteiger partial charge in [-0.25, -0.2) is 4.79 Å². The van der Waals surface area contributed by atoms with Crippen LogP contribution in [0.1, 0.15) is 19.8 Å². The third kappa shape index (κ3) is 3.97. The lowest BCUT2D eigenvalue weighted by molar-refractivity contribution is -0.131. The average molecular weight is 144 g/mol. The first-order valence-electron chi connectivity index (χ1n) is 3.08. The molecule has 0 rings (SSSR count). The second-order valence-corrected chi connectivity index (χ2v) is 3.06. The van der Waals surface area contributed by atoms with Crippen molar-refractivity contribution in [2.75, 3.05) is 0 Å². The maximum absolute atomic E-state index is 10.2. The smallest absolute Gasteiger partial charge is 0.326 e. The molecule has 0 radical (unpaired) electrons. The average Bonchev–Trinajstić information content (AvgIpc) is 1.82. The van der Waals surface area contributed by atoms with Crippen molar-refractivity contribution >= 4 is 16.2 Å². The van der Waals surface area contributed by atoms with Crippen LogP contribution in [0.4, 0.5) is 0 Å². The molecule has 0 aliphatic rings. The maximum Gasteiger partial charge on any atom is 0.326 e. The van der Waals surface area contributed by atoms with E-state index in [9.17, 15) is 4.79 Å². The normalized spacial score (nSPS) is 11.9. The lowest BCUT2D eigenvalue weighted by Gasteiger charge is -1.89. The van der Waals surface area contributed by atoms with Crippen molar-refractivity contribution in [2.24, 2.45) is 0 Å². The highest BCUT2D eigenvalue weighted by Gasteiger charge is 1.95. The molecule has 0 amide bonds. The van der Waals surface area contributed by atoms with Gasteiger partial charge in [-0.3, -0.25) is 0 Å². The quantitative estimate of drug-likeness (QED) is 0.451. The number of hydrogen-bond donors (Lipinski definition) is 1. The fourth-order valence-corrected chi connectivity index (χ4v) is 0.737. The molecule has 52 valence electrons. The van der Waals surface area contributed by atoms with Crippen LogP contribution in [-0.4, -0.2) is 21.3 Å². The Morgan fingerprint density at radius 2 is 2.33 bits per heavy atom. The van der Waals surface area contributed by atoms with Gasteiger partial charge in [0.15, 0.2) is 0 Å². The minimum atomic E-state index is -0.755. The van der Waals surface area contributed by atoms with Crippen molar-refractivity contribution in [2.45, 2.75) is 19.8 Å². The summed E-state index contributed by atoms with van der Waals surface area (Å²) in [6.07, 6.45) is 3.72. The van der Waals surface area contributed by atoms with E-state index < -0.39 is 5.97 Å². The molecule has 0 spiro atoms. The third-order valence-corrected chi connectivity index (χ3v) is 1.91. The molecule has 3 heteroatoms. The minimum absolute atomic E-state index is 0.580. The highest BCUT2D eigenvalue weighted by Crippen LogP contribution is 1.93. The number of aliphatic carboxylic acids is 1. The van der Waals surface area contributed by atoms with E-state index in [1.807, 2.05) is 6.92 Å². The van der Waals surface area contributed by atoms with Gasteiger partial charge in [0.1, 0.15) is 0 Å². The number of allylic oxidation sites excluding steroid dienone is 1. The Balaban J connectivity index is 3.69. The van der Waals surface area contributed by atoms with Gasteiger partial charge < -0.3 is 5.11 Å². The van der Waals surface area contributed by atoms with Gasteiger partial charge in [-0.1, -0.05) is 19.4 Å². The molecule has 0 saturated carbocycles. The van der Waals surface area contributed by atoms with Gasteiger partial charge in [0, 0.05) is 15.4 Å². The fraction of sp³-hybridized carbons (Fsp3) is 0.500. The first-order valence-corrected chi connectivity index (χ1v) is 4.08. The van der Waals surface area contributed by atoms with E-state index in [0.29, 0.717) is 15.4 Å². The standard InChI is InChI=1S/C6H12O2Si/c1-2-3-4-5(9)6(7)8/h4H,2-3H2,1,9H3,(H,7,8)/b5-4-. The van der Waals surface area contributed by atoms with Crippen LogP contribution in [0.5, 0.6) is 0 Å². The van der Waals surface area contributed by atoms with Crippen molar-refractivity contribution in [3.8, 4) is 0 Å². The Labute approximate surface area is 58.0 Å². The molecule has 0 heterocycles. The summed E-state index contributed by atoms with van der Waals surface area (Å²) in [4.78, 5) is 10.2. The van der Waals surface area contributed by atoms with Gasteiger partial charge in [0.2, 0.25) is 0 Å². The van der Waals surface area contributed by atoms with Gasteiger partial charge in [0.05, 0.1) is 0 Å². The maximum atomic E-state index is 10.2. The van der Waals surface area contributed by atoms with Crippen LogP contribution < -0.4 is 0 Å². The van der Waals surface area contributed by atoms with Crippen molar-refractivity contribution in [1.29, 1.82) is 0 Å². The second-order valence-electron chi connectivity index (χ2n) is 1.98. The largest absolute Gasteiger partial charge is 0.478 e. The lowest BCUT2D eigenvalue weighted by Crippen LogP contribution is -1.99. The highest BCUT2D eigenvalue weighted by atomic mass is 28.1. The van der Waals surface area contributed by atoms with Crippen molar-refractivity contribution < 1.29 is 9.90 Å². The van der Waals surface area contributed by atoms with Gasteiger partial charge in [0.25, 0.3) is 0 Å². The van der Waals surface area contributed by atoms with Crippen LogP contribution in [0, 0.1) is 0 Å². The van der Waals surface area contributed by atoms with E-state index in [0.717, 1.165) is 12.8 Å². The van der Waals surface area contributed by atoms with E-state index in [4.69, 9.17) is 5.11 Å². The monoisotopic (exact) mass is 144 g/mol. The second kappa shape index (κ2) is 4.32. The topological polar surface area (TPSA) is 37.3 Å². The van der Waals surface area contributed by atoms with Crippen molar-refractivity contribution in [3.63, 3.8) is 0 Å². The zero-order valence-corrected chi connectivity index (χ0v) is 7.85. The number of carbonyl (C=O) groups is 1. The van der Waals surface area contributed by atoms with E-state index in [1.165, 1.54) is 0 Å². The molecule has 0 bridgehead atoms. The Kier molecular flexibility index (Phi) is 4.04. The number of rotatable bonds is 3. The lowest BCUT2D eigenvalue weighted by atomic mass is 10.3. The van der Waals surface area contributed by atoms with Crippen LogP contribution in [0.15, 0.2) is 11.3 Å². The molecule has 0 unspecified atom stereocenters. The summed E-state index contributed by atoms with van der Waals surface area (Å²) in [7, 11) is 0.649. The van der Waals surface area contributed by atoms with Crippen LogP contribution in [-0.2, 0) is 4.79 Å². The molecule has 1 N–H and O–H groups in total. The molecule has 2 nitrogen and oxygen atoms in total. The predicted octanol–water partition coefficient (Wildman–Crippen LogP) is 0.120. The molecule has 9 heavy (non-hydrogen) atoms. The summed E-state index contributed by atoms with van der Waals surface area (Å²) in [6.45, 7) is 2.03. The van der Waals surface area contributed by atoms with Gasteiger partial charge in [-0.05, 0) is 6.42 Å². The number of carboxylic acid groups (broad SMARTS) is 1. The highest BCUT2D eigenvalue weighted by molar-refractivity contribution is 6.34. The molecule has 0 aromatic carbocycles. The summed E-state index contributed by atoms with van der Waals surface area (Å²) >= 11 is 0. The number of unbranched alkanes of at least 4 members (excludes halogenated alkanes) is 1. The number of carboxylic acids is 1. The summed E-state index contributed by atoms with van der Waals surface area (Å²) in [5.41, 5.74) is 0. The van der Waals surface area contributed by atoms with Crippen molar-refractivity contribution in [3.05, 3.63) is 11.3 Å². The fourth-order valence-electron chi connectivity index (χ4n) is 0.448. The third-order valence-electron chi connectivity index (χ3n) is 1.08. The molecule has 0 aromatic heterocycles. The molecule has 0 fully saturated rings. The van der Waals surface area contributed by atoms with Crippen LogP contribution in [0.25, 0.3) is 0 Å². The Morgan fingerprint density at radius 3 is 2.67 bits per heavy atom. The summed E-state index contributed by atoms with van der Waals surface area (Å²) < 4.78 is 0. The molecule has 0 saturated heterocycles. The van der Waals surface area contributed by atoms with Crippen LogP contribution in [0.3, 0.4) is 0 Å². The van der Waals surface area contributed by atoms with E-state index in [2.05, 4.69) is 0 Å². The molecule has 0 aliphatic carbocycles. The molecular formula is C6H12O2Si. The molecule has 0 aromatic rings. The Bertz CT molecular complexity index is 129. The SMILES string of the molecule is CCC/C=C(\[SiH3])C(=O)O. The first kappa shape index (κ1) is 8.43. The number of hydrogen-bond acceptors (Lipinski definition) is 1. The minimum Gasteiger partial charge on any atom is -0.478 e. The van der Waals surface area contributed by atoms with E-state index in [1.54, 1.807) is 6.08 Å². The van der Waals surface area contributed by atoms with E-state index in [-0.39, 0.29) is 0 Å². The van der Waals surface area contributed by atoms with Gasteiger partial charge in [-0.2, -0.15) is 0 Å². The zero-order valence-electron chi connectivity index (χ0n) is 5.85. The predicted molar refractivity (Wildman–Crippen MR) is 40.6 cm³/mol. The first-order chi connectivity index (χ1) is 4.18. The Hall–Kier alpha value is -0.573. The van der Waals surface area contributed by atoms with Crippen LogP contribution in [0.2, 0.25) is 0 Å². The van der Waals surface area contributed by atoms with Gasteiger partial charge in [-0.15, -0.1) is 0 Å². The molecular weight excluding hydrogens is 132 g/mol. The summed E-state index contributed by atoms with van der Waals surface area (Å²) in [5, 5.41) is 8.96. The molecule has 0 aliphatic heterocycles. The Morgan fingerprint density at radius 1 is 1.78 bits per heavy atom. The zero-order chi connectivity index (χ0) is 7.28. The van der Waals surface area contributed by atoms with E-state index >= 15 is 0 Å². The van der Waals surface area contributed by atoms with Crippen LogP contribution >= 0.6 is 0 Å². The summed E-state index contributed by atoms with van der Waals surface area (Å²) in [6, 6.07) is 0. The summed E-state index contributed by atoms with van der Waals surface area (Å²) in [5.74, 6) is -0.755.